The Morgan fingerprint density at radius 2 is 1.85 bits per heavy atom. The molecule has 0 atom stereocenters. The fraction of sp³-hybridized carbons (Fsp3) is 0.111. The van der Waals surface area contributed by atoms with E-state index in [4.69, 9.17) is 4.74 Å². The van der Waals surface area contributed by atoms with E-state index in [-0.39, 0.29) is 13.2 Å². The maximum absolute atomic E-state index is 12.0. The Labute approximate surface area is 152 Å². The summed E-state index contributed by atoms with van der Waals surface area (Å²) in [7, 11) is 0. The van der Waals surface area contributed by atoms with Crippen molar-refractivity contribution in [2.24, 2.45) is 0 Å². The molecule has 26 heavy (non-hydrogen) atoms. The van der Waals surface area contributed by atoms with E-state index in [0.717, 1.165) is 21.3 Å². The van der Waals surface area contributed by atoms with Gasteiger partial charge in [0, 0.05) is 0 Å². The zero-order valence-corrected chi connectivity index (χ0v) is 14.4. The smallest absolute Gasteiger partial charge is 0.326 e. The predicted molar refractivity (Wildman–Crippen MR) is 98.9 cm³/mol. The molecule has 2 heterocycles. The standard InChI is InChI=1S/C18H14N4O3S/c23-16(21-18-20-13-6-2-4-8-15(13)26-18)10-25-17(24)9-22-11-19-12-5-1-3-7-14(12)22/h1-8,11H,9-10H2,(H,20,21,23). The molecule has 0 unspecified atom stereocenters. The van der Waals surface area contributed by atoms with Crippen molar-refractivity contribution in [1.82, 2.24) is 14.5 Å². The molecule has 4 rings (SSSR count). The summed E-state index contributed by atoms with van der Waals surface area (Å²) in [5.41, 5.74) is 2.45. The molecule has 0 radical (unpaired) electrons. The van der Waals surface area contributed by atoms with Crippen molar-refractivity contribution in [3.63, 3.8) is 0 Å². The number of carbonyl (C=O) groups is 2. The fourth-order valence-electron chi connectivity index (χ4n) is 2.55. The minimum Gasteiger partial charge on any atom is -0.454 e. The first kappa shape index (κ1) is 16.2. The van der Waals surface area contributed by atoms with E-state index < -0.39 is 11.9 Å². The van der Waals surface area contributed by atoms with E-state index in [1.54, 1.807) is 10.9 Å². The fourth-order valence-corrected chi connectivity index (χ4v) is 3.43. The summed E-state index contributed by atoms with van der Waals surface area (Å²) in [6.07, 6.45) is 1.58. The molecular formula is C18H14N4O3S. The number of ether oxygens (including phenoxy) is 1. The largest absolute Gasteiger partial charge is 0.454 e. The molecule has 8 heteroatoms. The van der Waals surface area contributed by atoms with Gasteiger partial charge in [0.05, 0.1) is 27.6 Å². The number of amides is 1. The Kier molecular flexibility index (Phi) is 4.32. The predicted octanol–water partition coefficient (Wildman–Crippen LogP) is 2.83. The Morgan fingerprint density at radius 3 is 2.69 bits per heavy atom. The van der Waals surface area contributed by atoms with Gasteiger partial charge in [0.15, 0.2) is 11.7 Å². The number of nitrogens with one attached hydrogen (secondary N) is 1. The molecule has 0 bridgehead atoms. The Hall–Kier alpha value is -3.26. The van der Waals surface area contributed by atoms with Gasteiger partial charge < -0.3 is 9.30 Å². The average Bonchev–Trinajstić information content (AvgIpc) is 3.24. The Balaban J connectivity index is 1.33. The van der Waals surface area contributed by atoms with Crippen molar-refractivity contribution in [1.29, 1.82) is 0 Å². The molecule has 0 aliphatic carbocycles. The summed E-state index contributed by atoms with van der Waals surface area (Å²) in [6.45, 7) is -0.365. The normalized spacial score (nSPS) is 10.9. The molecule has 0 spiro atoms. The summed E-state index contributed by atoms with van der Waals surface area (Å²) in [5, 5.41) is 3.13. The van der Waals surface area contributed by atoms with Gasteiger partial charge in [-0.2, -0.15) is 0 Å². The second-order valence-corrected chi connectivity index (χ2v) is 6.59. The average molecular weight is 366 g/mol. The van der Waals surface area contributed by atoms with Gasteiger partial charge in [0.2, 0.25) is 0 Å². The van der Waals surface area contributed by atoms with Crippen LogP contribution in [-0.4, -0.2) is 33.0 Å². The van der Waals surface area contributed by atoms with Crippen LogP contribution in [0.5, 0.6) is 0 Å². The van der Waals surface area contributed by atoms with Crippen LogP contribution in [0.25, 0.3) is 21.3 Å². The zero-order chi connectivity index (χ0) is 17.9. The minimum atomic E-state index is -0.507. The van der Waals surface area contributed by atoms with Crippen molar-refractivity contribution in [2.75, 3.05) is 11.9 Å². The van der Waals surface area contributed by atoms with Crippen LogP contribution in [0.4, 0.5) is 5.13 Å². The summed E-state index contributed by atoms with van der Waals surface area (Å²) >= 11 is 1.37. The van der Waals surface area contributed by atoms with Crippen LogP contribution in [0.3, 0.4) is 0 Å². The molecule has 1 N–H and O–H groups in total. The third-order valence-corrected chi connectivity index (χ3v) is 4.68. The lowest BCUT2D eigenvalue weighted by Crippen LogP contribution is -2.22. The molecule has 2 aromatic carbocycles. The number of para-hydroxylation sites is 3. The van der Waals surface area contributed by atoms with Gasteiger partial charge in [-0.25, -0.2) is 9.97 Å². The zero-order valence-electron chi connectivity index (χ0n) is 13.6. The van der Waals surface area contributed by atoms with Crippen LogP contribution in [0.2, 0.25) is 0 Å². The van der Waals surface area contributed by atoms with Gasteiger partial charge in [-0.05, 0) is 24.3 Å². The Morgan fingerprint density at radius 1 is 1.08 bits per heavy atom. The van der Waals surface area contributed by atoms with Crippen molar-refractivity contribution in [2.45, 2.75) is 6.54 Å². The summed E-state index contributed by atoms with van der Waals surface area (Å²) < 4.78 is 7.71. The number of carbonyl (C=O) groups excluding carboxylic acids is 2. The van der Waals surface area contributed by atoms with E-state index in [2.05, 4.69) is 15.3 Å². The first-order chi connectivity index (χ1) is 12.7. The molecule has 0 saturated carbocycles. The van der Waals surface area contributed by atoms with E-state index in [1.165, 1.54) is 11.3 Å². The maximum atomic E-state index is 12.0. The second kappa shape index (κ2) is 6.93. The molecule has 0 aliphatic heterocycles. The van der Waals surface area contributed by atoms with Gasteiger partial charge >= 0.3 is 5.97 Å². The molecule has 0 aliphatic rings. The molecule has 4 aromatic rings. The quantitative estimate of drug-likeness (QED) is 0.549. The highest BCUT2D eigenvalue weighted by molar-refractivity contribution is 7.22. The number of esters is 1. The number of hydrogen-bond acceptors (Lipinski definition) is 6. The lowest BCUT2D eigenvalue weighted by molar-refractivity contribution is -0.147. The van der Waals surface area contributed by atoms with Crippen LogP contribution in [0.15, 0.2) is 54.9 Å². The van der Waals surface area contributed by atoms with Crippen LogP contribution < -0.4 is 5.32 Å². The minimum absolute atomic E-state index is 0.00503. The number of imidazole rings is 1. The number of fused-ring (bicyclic) bond motifs is 2. The van der Waals surface area contributed by atoms with Gasteiger partial charge in [0.1, 0.15) is 6.54 Å². The van der Waals surface area contributed by atoms with Crippen LogP contribution in [0.1, 0.15) is 0 Å². The first-order valence-electron chi connectivity index (χ1n) is 7.90. The van der Waals surface area contributed by atoms with Crippen molar-refractivity contribution >= 4 is 49.6 Å². The summed E-state index contributed by atoms with van der Waals surface area (Å²) in [4.78, 5) is 32.5. The number of anilines is 1. The third kappa shape index (κ3) is 3.40. The molecule has 130 valence electrons. The molecule has 0 saturated heterocycles. The van der Waals surface area contributed by atoms with E-state index >= 15 is 0 Å². The molecule has 0 fully saturated rings. The number of nitrogens with zero attached hydrogens (tertiary/aromatic N) is 3. The highest BCUT2D eigenvalue weighted by atomic mass is 32.1. The second-order valence-electron chi connectivity index (χ2n) is 5.56. The highest BCUT2D eigenvalue weighted by Crippen LogP contribution is 2.25. The lowest BCUT2D eigenvalue weighted by atomic mass is 10.3. The van der Waals surface area contributed by atoms with Crippen LogP contribution in [0, 0.1) is 0 Å². The van der Waals surface area contributed by atoms with Gasteiger partial charge in [0.25, 0.3) is 5.91 Å². The summed E-state index contributed by atoms with van der Waals surface area (Å²) in [5.74, 6) is -0.930. The highest BCUT2D eigenvalue weighted by Gasteiger charge is 2.12. The van der Waals surface area contributed by atoms with Crippen molar-refractivity contribution in [3.8, 4) is 0 Å². The maximum Gasteiger partial charge on any atom is 0.326 e. The van der Waals surface area contributed by atoms with Crippen LogP contribution >= 0.6 is 11.3 Å². The van der Waals surface area contributed by atoms with Gasteiger partial charge in [-0.3, -0.25) is 14.9 Å². The summed E-state index contributed by atoms with van der Waals surface area (Å²) in [6, 6.07) is 15.1. The van der Waals surface area contributed by atoms with Crippen LogP contribution in [-0.2, 0) is 20.9 Å². The van der Waals surface area contributed by atoms with Gasteiger partial charge in [-0.15, -0.1) is 0 Å². The van der Waals surface area contributed by atoms with E-state index in [0.29, 0.717) is 5.13 Å². The number of thiazole rings is 1. The number of rotatable bonds is 5. The SMILES string of the molecule is O=C(COC(=O)Cn1cnc2ccccc21)Nc1nc2ccccc2s1. The monoisotopic (exact) mass is 366 g/mol. The molecular weight excluding hydrogens is 352 g/mol. The topological polar surface area (TPSA) is 86.1 Å². The number of benzene rings is 2. The van der Waals surface area contributed by atoms with Crippen molar-refractivity contribution < 1.29 is 14.3 Å². The molecule has 1 amide bonds. The Bertz CT molecular complexity index is 1070. The molecule has 7 nitrogen and oxygen atoms in total. The van der Waals surface area contributed by atoms with Crippen molar-refractivity contribution in [3.05, 3.63) is 54.9 Å². The number of hydrogen-bond donors (Lipinski definition) is 1. The van der Waals surface area contributed by atoms with Gasteiger partial charge in [-0.1, -0.05) is 35.6 Å². The molecule has 2 aromatic heterocycles. The van der Waals surface area contributed by atoms with E-state index in [1.807, 2.05) is 48.5 Å². The number of aromatic nitrogens is 3. The third-order valence-electron chi connectivity index (χ3n) is 3.73. The first-order valence-corrected chi connectivity index (χ1v) is 8.71. The van der Waals surface area contributed by atoms with E-state index in [9.17, 15) is 9.59 Å². The lowest BCUT2D eigenvalue weighted by Gasteiger charge is -2.06.